The molecule has 3 unspecified atom stereocenters. The number of aliphatic hydroxyl groups excluding tert-OH is 1. The molecule has 0 aliphatic carbocycles. The van der Waals surface area contributed by atoms with Crippen molar-refractivity contribution in [2.45, 2.75) is 343 Å². The summed E-state index contributed by atoms with van der Waals surface area (Å²) in [6, 6.07) is 0. The lowest BCUT2D eigenvalue weighted by Gasteiger charge is -2.21. The van der Waals surface area contributed by atoms with Gasteiger partial charge in [-0.3, -0.25) is 37.3 Å². The molecule has 0 fully saturated rings. The number of carbonyl (C=O) groups excluding carboxylic acids is 4. The monoisotopic (exact) mass is 1270 g/mol. The average Bonchev–Trinajstić information content (AvgIpc) is 3.48. The van der Waals surface area contributed by atoms with Crippen LogP contribution in [0.1, 0.15) is 325 Å². The fourth-order valence-electron chi connectivity index (χ4n) is 9.93. The third kappa shape index (κ3) is 59.7. The number of phosphoric ester groups is 2. The Morgan fingerprint density at radius 2 is 0.558 bits per heavy atom. The summed E-state index contributed by atoms with van der Waals surface area (Å²) in [5.41, 5.74) is 0. The fourth-order valence-corrected chi connectivity index (χ4v) is 11.5. The lowest BCUT2D eigenvalue weighted by Crippen LogP contribution is -2.30. The molecule has 0 heterocycles. The van der Waals surface area contributed by atoms with Gasteiger partial charge >= 0.3 is 39.5 Å². The summed E-state index contributed by atoms with van der Waals surface area (Å²) in [7, 11) is -9.90. The van der Waals surface area contributed by atoms with E-state index >= 15 is 0 Å². The van der Waals surface area contributed by atoms with Gasteiger partial charge in [0.15, 0.2) is 12.2 Å². The largest absolute Gasteiger partial charge is 0.472 e. The molecule has 0 amide bonds. The normalized spacial score (nSPS) is 14.7. The van der Waals surface area contributed by atoms with Gasteiger partial charge in [-0.15, -0.1) is 0 Å². The fraction of sp³-hybridized carbons (Fsp3) is 0.940. The summed E-state index contributed by atoms with van der Waals surface area (Å²) in [5.74, 6) is 0.802. The van der Waals surface area contributed by atoms with Crippen LogP contribution in [-0.2, 0) is 65.4 Å². The van der Waals surface area contributed by atoms with E-state index in [1.54, 1.807) is 0 Å². The number of unbranched alkanes of at least 4 members (excludes halogenated alkanes) is 29. The molecule has 86 heavy (non-hydrogen) atoms. The summed E-state index contributed by atoms with van der Waals surface area (Å²) >= 11 is 0. The highest BCUT2D eigenvalue weighted by molar-refractivity contribution is 7.47. The first-order valence-corrected chi connectivity index (χ1v) is 37.7. The molecule has 0 aromatic heterocycles. The van der Waals surface area contributed by atoms with Gasteiger partial charge in [-0.2, -0.15) is 0 Å². The first-order chi connectivity index (χ1) is 41.1. The van der Waals surface area contributed by atoms with Crippen LogP contribution in [0.4, 0.5) is 0 Å². The zero-order valence-electron chi connectivity index (χ0n) is 55.9. The average molecular weight is 1270 g/mol. The van der Waals surface area contributed by atoms with E-state index in [1.165, 1.54) is 116 Å². The second-order valence-corrected chi connectivity index (χ2v) is 28.8. The summed E-state index contributed by atoms with van der Waals surface area (Å²) in [4.78, 5) is 72.4. The molecule has 17 nitrogen and oxygen atoms in total. The Labute approximate surface area is 524 Å². The van der Waals surface area contributed by atoms with Crippen molar-refractivity contribution < 1.29 is 80.2 Å². The predicted molar refractivity (Wildman–Crippen MR) is 344 cm³/mol. The minimum Gasteiger partial charge on any atom is -0.462 e. The molecule has 0 bridgehead atoms. The van der Waals surface area contributed by atoms with Gasteiger partial charge in [0.2, 0.25) is 0 Å². The number of phosphoric acid groups is 2. The van der Waals surface area contributed by atoms with E-state index in [4.69, 9.17) is 37.0 Å². The van der Waals surface area contributed by atoms with Crippen molar-refractivity contribution >= 4 is 39.5 Å². The summed E-state index contributed by atoms with van der Waals surface area (Å²) in [6.45, 7) is 14.0. The van der Waals surface area contributed by atoms with Crippen LogP contribution in [0.2, 0.25) is 0 Å². The molecule has 0 aromatic rings. The maximum Gasteiger partial charge on any atom is 0.472 e. The molecule has 0 spiro atoms. The van der Waals surface area contributed by atoms with E-state index in [2.05, 4.69) is 55.4 Å². The minimum atomic E-state index is -4.95. The number of esters is 4. The van der Waals surface area contributed by atoms with Crippen LogP contribution in [0.3, 0.4) is 0 Å². The number of rotatable bonds is 64. The number of hydrogen-bond donors (Lipinski definition) is 3. The number of hydrogen-bond acceptors (Lipinski definition) is 15. The highest BCUT2D eigenvalue weighted by Gasteiger charge is 2.30. The summed E-state index contributed by atoms with van der Waals surface area (Å²) in [5, 5.41) is 10.6. The topological polar surface area (TPSA) is 237 Å². The van der Waals surface area contributed by atoms with E-state index in [-0.39, 0.29) is 25.7 Å². The van der Waals surface area contributed by atoms with Crippen molar-refractivity contribution in [2.75, 3.05) is 39.6 Å². The lowest BCUT2D eigenvalue weighted by atomic mass is 10.00. The smallest absolute Gasteiger partial charge is 0.462 e. The van der Waals surface area contributed by atoms with Gasteiger partial charge < -0.3 is 33.8 Å². The van der Waals surface area contributed by atoms with E-state index in [9.17, 15) is 43.2 Å². The molecule has 6 atom stereocenters. The van der Waals surface area contributed by atoms with Gasteiger partial charge in [-0.25, -0.2) is 9.13 Å². The summed E-state index contributed by atoms with van der Waals surface area (Å²) < 4.78 is 68.1. The molecule has 0 radical (unpaired) electrons. The zero-order valence-corrected chi connectivity index (χ0v) is 57.7. The van der Waals surface area contributed by atoms with E-state index < -0.39 is 97.5 Å². The van der Waals surface area contributed by atoms with Gasteiger partial charge in [0, 0.05) is 25.7 Å². The third-order valence-corrected chi connectivity index (χ3v) is 17.6. The molecule has 0 aliphatic rings. The molecule has 19 heteroatoms. The Morgan fingerprint density at radius 1 is 0.326 bits per heavy atom. The highest BCUT2D eigenvalue weighted by atomic mass is 31.2. The van der Waals surface area contributed by atoms with Gasteiger partial charge in [-0.05, 0) is 49.4 Å². The second-order valence-electron chi connectivity index (χ2n) is 25.9. The molecular formula is C67H130O17P2. The van der Waals surface area contributed by atoms with E-state index in [0.29, 0.717) is 31.6 Å². The molecule has 0 aromatic carbocycles. The van der Waals surface area contributed by atoms with Crippen LogP contribution in [0, 0.1) is 23.7 Å². The van der Waals surface area contributed by atoms with Crippen molar-refractivity contribution in [3.8, 4) is 0 Å². The van der Waals surface area contributed by atoms with Crippen molar-refractivity contribution in [1.82, 2.24) is 0 Å². The predicted octanol–water partition coefficient (Wildman–Crippen LogP) is 18.5. The zero-order chi connectivity index (χ0) is 63.9. The number of aliphatic hydroxyl groups is 1. The van der Waals surface area contributed by atoms with Gasteiger partial charge in [0.1, 0.15) is 19.3 Å². The van der Waals surface area contributed by atoms with Gasteiger partial charge in [0.25, 0.3) is 0 Å². The molecule has 0 saturated carbocycles. The van der Waals surface area contributed by atoms with Crippen LogP contribution < -0.4 is 0 Å². The Balaban J connectivity index is 5.26. The maximum atomic E-state index is 13.0. The molecular weight excluding hydrogens is 1140 g/mol. The van der Waals surface area contributed by atoms with E-state index in [0.717, 1.165) is 120 Å². The lowest BCUT2D eigenvalue weighted by molar-refractivity contribution is -0.161. The van der Waals surface area contributed by atoms with Crippen LogP contribution >= 0.6 is 15.6 Å². The third-order valence-electron chi connectivity index (χ3n) is 15.7. The number of ether oxygens (including phenoxy) is 4. The Hall–Kier alpha value is -1.94. The van der Waals surface area contributed by atoms with Crippen LogP contribution in [-0.4, -0.2) is 96.7 Å². The highest BCUT2D eigenvalue weighted by Crippen LogP contribution is 2.45. The molecule has 3 N–H and O–H groups in total. The maximum absolute atomic E-state index is 13.0. The number of carbonyl (C=O) groups is 4. The van der Waals surface area contributed by atoms with Crippen molar-refractivity contribution in [3.05, 3.63) is 0 Å². The SMILES string of the molecule is CCC(C)CCCCCCCCC(=O)OC[C@H](COP(=O)(O)OC[C@H](O)COP(=O)(O)OC[C@@H](COC(=O)CCCCCCCCCC(C)C)OC(=O)CCCCCCCCCCCCCC(C)C)OC(=O)CCCCCCCCCCCC(C)C. The van der Waals surface area contributed by atoms with Gasteiger partial charge in [-0.1, -0.05) is 274 Å². The Kier molecular flexibility index (Phi) is 55.7. The molecule has 0 aliphatic heterocycles. The second kappa shape index (κ2) is 57.0. The molecule has 0 saturated heterocycles. The summed E-state index contributed by atoms with van der Waals surface area (Å²) in [6.07, 6.45) is 37.7. The van der Waals surface area contributed by atoms with E-state index in [1.807, 2.05) is 0 Å². The van der Waals surface area contributed by atoms with Gasteiger partial charge in [0.05, 0.1) is 26.4 Å². The Morgan fingerprint density at radius 3 is 0.826 bits per heavy atom. The van der Waals surface area contributed by atoms with Crippen molar-refractivity contribution in [2.24, 2.45) is 23.7 Å². The molecule has 0 rings (SSSR count). The minimum absolute atomic E-state index is 0.104. The first-order valence-electron chi connectivity index (χ1n) is 34.7. The standard InChI is InChI=1S/C67H130O17P2/c1-9-60(8)46-38-30-25-26-32-40-48-65(70)78-54-63(84-67(72)50-42-34-23-17-13-15-20-28-36-44-58(4)5)56-82-86(75,76)80-52-61(68)51-79-85(73,74)81-55-62(53-77-64(69)47-39-31-24-18-21-29-37-45-59(6)7)83-66(71)49-41-33-22-16-12-10-11-14-19-27-35-43-57(2)3/h57-63,68H,9-56H2,1-8H3,(H,73,74)(H,75,76)/t60?,61-,62-,63-/m1/s1. The van der Waals surface area contributed by atoms with Crippen molar-refractivity contribution in [1.29, 1.82) is 0 Å². The first kappa shape index (κ1) is 84.1. The quantitative estimate of drug-likeness (QED) is 0.0222. The Bertz CT molecular complexity index is 1720. The van der Waals surface area contributed by atoms with Crippen LogP contribution in [0.25, 0.3) is 0 Å². The van der Waals surface area contributed by atoms with Crippen molar-refractivity contribution in [3.63, 3.8) is 0 Å². The molecule has 510 valence electrons. The van der Waals surface area contributed by atoms with Crippen LogP contribution in [0.5, 0.6) is 0 Å². The van der Waals surface area contributed by atoms with Crippen LogP contribution in [0.15, 0.2) is 0 Å².